The summed E-state index contributed by atoms with van der Waals surface area (Å²) in [7, 11) is 0. The van der Waals surface area contributed by atoms with Crippen LogP contribution in [0.2, 0.25) is 5.02 Å². The van der Waals surface area contributed by atoms with Gasteiger partial charge in [-0.15, -0.1) is 12.4 Å². The summed E-state index contributed by atoms with van der Waals surface area (Å²) in [4.78, 5) is 2.57. The number of hydrogen-bond acceptors (Lipinski definition) is 2. The van der Waals surface area contributed by atoms with Crippen molar-refractivity contribution in [3.8, 4) is 5.75 Å². The smallest absolute Gasteiger partial charge is 0.123 e. The normalized spacial score (nSPS) is 15.2. The number of rotatable bonds is 9. The van der Waals surface area contributed by atoms with Crippen molar-refractivity contribution in [2.75, 3.05) is 32.9 Å². The zero-order valence-electron chi connectivity index (χ0n) is 16.3. The molecule has 0 spiro atoms. The van der Waals surface area contributed by atoms with Gasteiger partial charge in [-0.3, -0.25) is 0 Å². The quantitative estimate of drug-likeness (QED) is 0.488. The van der Waals surface area contributed by atoms with Gasteiger partial charge in [0, 0.05) is 11.6 Å². The van der Waals surface area contributed by atoms with Gasteiger partial charge in [0.25, 0.3) is 0 Å². The number of alkyl halides is 1. The summed E-state index contributed by atoms with van der Waals surface area (Å²) < 4.78 is 17.4. The molecule has 1 heterocycles. The van der Waals surface area contributed by atoms with Crippen LogP contribution >= 0.6 is 24.0 Å². The molecule has 3 rings (SSSR count). The largest absolute Gasteiger partial charge is 0.491 e. The Bertz CT molecular complexity index is 687. The average molecular weight is 426 g/mol. The molecule has 1 fully saturated rings. The lowest BCUT2D eigenvalue weighted by molar-refractivity contribution is 0.181. The van der Waals surface area contributed by atoms with E-state index in [2.05, 4.69) is 29.2 Å². The van der Waals surface area contributed by atoms with Gasteiger partial charge >= 0.3 is 0 Å². The number of aryl methyl sites for hydroxylation is 1. The van der Waals surface area contributed by atoms with Gasteiger partial charge in [0.15, 0.2) is 0 Å². The molecule has 0 amide bonds. The van der Waals surface area contributed by atoms with E-state index in [1.54, 1.807) is 0 Å². The van der Waals surface area contributed by atoms with Crippen LogP contribution in [0.3, 0.4) is 0 Å². The molecule has 154 valence electrons. The molecule has 0 saturated carbocycles. The molecule has 2 aromatic rings. The van der Waals surface area contributed by atoms with Gasteiger partial charge in [0.1, 0.15) is 19.0 Å². The maximum absolute atomic E-state index is 12.1. The Morgan fingerprint density at radius 3 is 2.39 bits per heavy atom. The molecule has 28 heavy (non-hydrogen) atoms. The van der Waals surface area contributed by atoms with Gasteiger partial charge in [-0.05, 0) is 80.4 Å². The summed E-state index contributed by atoms with van der Waals surface area (Å²) >= 11 is 6.26. The van der Waals surface area contributed by atoms with Crippen molar-refractivity contribution in [3.05, 3.63) is 64.7 Å². The van der Waals surface area contributed by atoms with Crippen LogP contribution in [-0.2, 0) is 12.8 Å². The summed E-state index contributed by atoms with van der Waals surface area (Å²) in [6, 6.07) is 16.3. The minimum Gasteiger partial charge on any atom is -0.491 e. The lowest BCUT2D eigenvalue weighted by atomic mass is 9.90. The highest BCUT2D eigenvalue weighted by molar-refractivity contribution is 6.31. The van der Waals surface area contributed by atoms with Crippen LogP contribution in [0.4, 0.5) is 4.39 Å². The van der Waals surface area contributed by atoms with Crippen molar-refractivity contribution in [2.45, 2.75) is 32.1 Å². The molecule has 1 aliphatic rings. The predicted octanol–water partition coefficient (Wildman–Crippen LogP) is 6.00. The monoisotopic (exact) mass is 425 g/mol. The predicted molar refractivity (Wildman–Crippen MR) is 118 cm³/mol. The third kappa shape index (κ3) is 7.27. The van der Waals surface area contributed by atoms with Gasteiger partial charge in [-0.25, -0.2) is 4.39 Å². The zero-order valence-corrected chi connectivity index (χ0v) is 17.9. The Hall–Kier alpha value is -1.29. The van der Waals surface area contributed by atoms with Crippen LogP contribution < -0.4 is 4.74 Å². The molecule has 2 nitrogen and oxygen atoms in total. The highest BCUT2D eigenvalue weighted by Crippen LogP contribution is 2.24. The third-order valence-electron chi connectivity index (χ3n) is 5.47. The molecule has 0 bridgehead atoms. The first-order chi connectivity index (χ1) is 13.2. The summed E-state index contributed by atoms with van der Waals surface area (Å²) in [5, 5.41) is 0.883. The Kier molecular flexibility index (Phi) is 10.1. The van der Waals surface area contributed by atoms with Crippen LogP contribution in [0, 0.1) is 5.92 Å². The number of nitrogens with zero attached hydrogens (tertiary/aromatic N) is 1. The van der Waals surface area contributed by atoms with Crippen molar-refractivity contribution >= 4 is 24.0 Å². The summed E-state index contributed by atoms with van der Waals surface area (Å²) in [5.41, 5.74) is 2.59. The van der Waals surface area contributed by atoms with Crippen LogP contribution in [-0.4, -0.2) is 37.8 Å². The van der Waals surface area contributed by atoms with Crippen LogP contribution in [0.15, 0.2) is 48.5 Å². The van der Waals surface area contributed by atoms with Crippen LogP contribution in [0.1, 0.15) is 30.4 Å². The van der Waals surface area contributed by atoms with E-state index in [4.69, 9.17) is 16.3 Å². The number of halogens is 3. The first-order valence-electron chi connectivity index (χ1n) is 9.98. The summed E-state index contributed by atoms with van der Waals surface area (Å²) in [6.45, 7) is 3.15. The van der Waals surface area contributed by atoms with E-state index in [1.165, 1.54) is 43.5 Å². The molecular formula is C23H30Cl2FNO. The van der Waals surface area contributed by atoms with Gasteiger partial charge in [-0.1, -0.05) is 41.9 Å². The molecule has 0 unspecified atom stereocenters. The number of piperidine rings is 1. The molecule has 1 saturated heterocycles. The van der Waals surface area contributed by atoms with Crippen molar-refractivity contribution in [2.24, 2.45) is 5.92 Å². The first kappa shape index (κ1) is 23.0. The van der Waals surface area contributed by atoms with Crippen LogP contribution in [0.25, 0.3) is 0 Å². The first-order valence-corrected chi connectivity index (χ1v) is 10.4. The highest BCUT2D eigenvalue weighted by Gasteiger charge is 2.19. The van der Waals surface area contributed by atoms with E-state index < -0.39 is 6.67 Å². The second-order valence-corrected chi connectivity index (χ2v) is 7.75. The SMILES string of the molecule is Cl.FCCOc1ccc(CCC2CCN(CCc3ccccc3Cl)CC2)cc1. The Balaban J connectivity index is 0.00000280. The van der Waals surface area contributed by atoms with Gasteiger partial charge < -0.3 is 9.64 Å². The van der Waals surface area contributed by atoms with Gasteiger partial charge in [0.2, 0.25) is 0 Å². The Morgan fingerprint density at radius 2 is 1.71 bits per heavy atom. The maximum atomic E-state index is 12.1. The fraction of sp³-hybridized carbons (Fsp3) is 0.478. The van der Waals surface area contributed by atoms with Gasteiger partial charge in [-0.2, -0.15) is 0 Å². The Morgan fingerprint density at radius 1 is 1.00 bits per heavy atom. The second kappa shape index (κ2) is 12.3. The van der Waals surface area contributed by atoms with Gasteiger partial charge in [0.05, 0.1) is 0 Å². The van der Waals surface area contributed by atoms with Crippen molar-refractivity contribution in [1.29, 1.82) is 0 Å². The number of ether oxygens (including phenoxy) is 1. The van der Waals surface area contributed by atoms with E-state index in [9.17, 15) is 4.39 Å². The van der Waals surface area contributed by atoms with E-state index in [-0.39, 0.29) is 19.0 Å². The van der Waals surface area contributed by atoms with E-state index in [0.29, 0.717) is 0 Å². The topological polar surface area (TPSA) is 12.5 Å². The Labute approximate surface area is 179 Å². The molecule has 2 aromatic carbocycles. The summed E-state index contributed by atoms with van der Waals surface area (Å²) in [5.74, 6) is 1.56. The fourth-order valence-electron chi connectivity index (χ4n) is 3.76. The molecule has 0 N–H and O–H groups in total. The lowest BCUT2D eigenvalue weighted by Gasteiger charge is -2.32. The molecule has 0 radical (unpaired) electrons. The maximum Gasteiger partial charge on any atom is 0.123 e. The second-order valence-electron chi connectivity index (χ2n) is 7.35. The average Bonchev–Trinajstić information content (AvgIpc) is 2.72. The molecule has 1 aliphatic heterocycles. The molecule has 0 aromatic heterocycles. The van der Waals surface area contributed by atoms with E-state index in [0.717, 1.165) is 36.1 Å². The lowest BCUT2D eigenvalue weighted by Crippen LogP contribution is -2.35. The number of benzene rings is 2. The number of likely N-dealkylation sites (tertiary alicyclic amines) is 1. The van der Waals surface area contributed by atoms with E-state index in [1.807, 2.05) is 24.3 Å². The third-order valence-corrected chi connectivity index (χ3v) is 5.84. The van der Waals surface area contributed by atoms with E-state index >= 15 is 0 Å². The van der Waals surface area contributed by atoms with Crippen molar-refractivity contribution < 1.29 is 9.13 Å². The standard InChI is InChI=1S/C23H29ClFNO.ClH/c24-23-4-2-1-3-21(23)13-17-26-15-11-20(12-16-26)6-5-19-7-9-22(10-8-19)27-18-14-25;/h1-4,7-10,20H,5-6,11-18H2;1H. The molecule has 0 aliphatic carbocycles. The zero-order chi connectivity index (χ0) is 18.9. The van der Waals surface area contributed by atoms with Crippen molar-refractivity contribution in [3.63, 3.8) is 0 Å². The summed E-state index contributed by atoms with van der Waals surface area (Å²) in [6.07, 6.45) is 5.93. The van der Waals surface area contributed by atoms with Crippen LogP contribution in [0.5, 0.6) is 5.75 Å². The molecule has 5 heteroatoms. The minimum absolute atomic E-state index is 0. The molecular weight excluding hydrogens is 396 g/mol. The molecule has 0 atom stereocenters. The minimum atomic E-state index is -0.446. The van der Waals surface area contributed by atoms with Crippen molar-refractivity contribution in [1.82, 2.24) is 4.90 Å². The number of hydrogen-bond donors (Lipinski definition) is 0. The highest BCUT2D eigenvalue weighted by atomic mass is 35.5. The fourth-order valence-corrected chi connectivity index (χ4v) is 3.99.